The van der Waals surface area contributed by atoms with Crippen molar-refractivity contribution in [2.45, 2.75) is 78.8 Å². The summed E-state index contributed by atoms with van der Waals surface area (Å²) in [5, 5.41) is 2.98. The minimum Gasteiger partial charge on any atom is -0.354 e. The van der Waals surface area contributed by atoms with Crippen LogP contribution in [0.3, 0.4) is 0 Å². The van der Waals surface area contributed by atoms with Crippen molar-refractivity contribution < 1.29 is 9.59 Å². The van der Waals surface area contributed by atoms with Crippen molar-refractivity contribution >= 4 is 11.8 Å². The summed E-state index contributed by atoms with van der Waals surface area (Å²) in [5.74, 6) is 0.415. The predicted octanol–water partition coefficient (Wildman–Crippen LogP) is 5.38. The first-order valence-electron chi connectivity index (χ1n) is 11.5. The highest BCUT2D eigenvalue weighted by atomic mass is 16.2. The molecule has 2 rings (SSSR count). The minimum absolute atomic E-state index is 0.00864. The Morgan fingerprint density at radius 3 is 2.29 bits per heavy atom. The van der Waals surface area contributed by atoms with Gasteiger partial charge in [-0.25, -0.2) is 0 Å². The van der Waals surface area contributed by atoms with Crippen LogP contribution in [0, 0.1) is 6.92 Å². The summed E-state index contributed by atoms with van der Waals surface area (Å²) in [6.07, 6.45) is 3.03. The zero-order valence-electron chi connectivity index (χ0n) is 19.8. The standard InChI is InChI=1S/C27H38N2O2/c1-6-7-18-28-27(31)22(5)29(19-25-11-9-8-10-21(25)4)26(30)17-14-23-12-15-24(16-13-23)20(2)3/h8-13,15-16,20,22H,6-7,14,17-19H2,1-5H3,(H,28,31). The number of rotatable bonds is 11. The Labute approximate surface area is 188 Å². The van der Waals surface area contributed by atoms with Crippen molar-refractivity contribution in [1.29, 1.82) is 0 Å². The maximum absolute atomic E-state index is 13.2. The first-order chi connectivity index (χ1) is 14.8. The molecule has 0 spiro atoms. The van der Waals surface area contributed by atoms with Gasteiger partial charge in [0.1, 0.15) is 6.04 Å². The highest BCUT2D eigenvalue weighted by Crippen LogP contribution is 2.18. The van der Waals surface area contributed by atoms with Crippen LogP contribution >= 0.6 is 0 Å². The molecule has 168 valence electrons. The highest BCUT2D eigenvalue weighted by molar-refractivity contribution is 5.87. The van der Waals surface area contributed by atoms with Crippen LogP contribution in [0.1, 0.15) is 75.1 Å². The molecule has 1 unspecified atom stereocenters. The van der Waals surface area contributed by atoms with Crippen LogP contribution in [-0.4, -0.2) is 29.3 Å². The first-order valence-corrected chi connectivity index (χ1v) is 11.5. The lowest BCUT2D eigenvalue weighted by Gasteiger charge is -2.29. The molecule has 4 nitrogen and oxygen atoms in total. The number of amides is 2. The second kappa shape index (κ2) is 12.3. The van der Waals surface area contributed by atoms with Gasteiger partial charge < -0.3 is 10.2 Å². The van der Waals surface area contributed by atoms with Gasteiger partial charge in [0, 0.05) is 19.5 Å². The third-order valence-corrected chi connectivity index (χ3v) is 5.87. The SMILES string of the molecule is CCCCNC(=O)C(C)N(Cc1ccccc1C)C(=O)CCc1ccc(C(C)C)cc1. The Bertz CT molecular complexity index is 843. The summed E-state index contributed by atoms with van der Waals surface area (Å²) in [4.78, 5) is 27.7. The maximum Gasteiger partial charge on any atom is 0.242 e. The monoisotopic (exact) mass is 422 g/mol. The topological polar surface area (TPSA) is 49.4 Å². The molecule has 0 saturated heterocycles. The minimum atomic E-state index is -0.507. The Morgan fingerprint density at radius 1 is 1.00 bits per heavy atom. The fourth-order valence-corrected chi connectivity index (χ4v) is 3.55. The molecule has 2 aromatic carbocycles. The number of aryl methyl sites for hydroxylation is 2. The highest BCUT2D eigenvalue weighted by Gasteiger charge is 2.26. The van der Waals surface area contributed by atoms with E-state index in [0.29, 0.717) is 31.8 Å². The van der Waals surface area contributed by atoms with Crippen molar-refractivity contribution in [3.8, 4) is 0 Å². The van der Waals surface area contributed by atoms with Gasteiger partial charge in [-0.2, -0.15) is 0 Å². The summed E-state index contributed by atoms with van der Waals surface area (Å²) in [7, 11) is 0. The van der Waals surface area contributed by atoms with Crippen molar-refractivity contribution in [3.63, 3.8) is 0 Å². The molecule has 2 aromatic rings. The molecular formula is C27H38N2O2. The largest absolute Gasteiger partial charge is 0.354 e. The average molecular weight is 423 g/mol. The van der Waals surface area contributed by atoms with E-state index in [4.69, 9.17) is 0 Å². The van der Waals surface area contributed by atoms with Gasteiger partial charge in [-0.15, -0.1) is 0 Å². The summed E-state index contributed by atoms with van der Waals surface area (Å²) < 4.78 is 0. The Hall–Kier alpha value is -2.62. The van der Waals surface area contributed by atoms with Gasteiger partial charge >= 0.3 is 0 Å². The van der Waals surface area contributed by atoms with Crippen molar-refractivity contribution in [3.05, 3.63) is 70.8 Å². The number of carbonyl (C=O) groups excluding carboxylic acids is 2. The molecule has 4 heteroatoms. The quantitative estimate of drug-likeness (QED) is 0.494. The third kappa shape index (κ3) is 7.54. The van der Waals surface area contributed by atoms with E-state index in [1.165, 1.54) is 5.56 Å². The molecule has 0 heterocycles. The van der Waals surface area contributed by atoms with E-state index in [0.717, 1.165) is 29.5 Å². The molecule has 0 aliphatic rings. The van der Waals surface area contributed by atoms with Gasteiger partial charge in [0.2, 0.25) is 11.8 Å². The molecule has 1 atom stereocenters. The van der Waals surface area contributed by atoms with Crippen molar-refractivity contribution in [2.24, 2.45) is 0 Å². The van der Waals surface area contributed by atoms with E-state index in [9.17, 15) is 9.59 Å². The van der Waals surface area contributed by atoms with Gasteiger partial charge in [0.15, 0.2) is 0 Å². The first kappa shape index (κ1) is 24.6. The van der Waals surface area contributed by atoms with Gasteiger partial charge in [-0.1, -0.05) is 75.7 Å². The van der Waals surface area contributed by atoms with E-state index in [1.54, 1.807) is 4.90 Å². The van der Waals surface area contributed by atoms with E-state index < -0.39 is 6.04 Å². The van der Waals surface area contributed by atoms with Crippen LogP contribution in [0.5, 0.6) is 0 Å². The Kier molecular flexibility index (Phi) is 9.77. The lowest BCUT2D eigenvalue weighted by atomic mass is 10.00. The van der Waals surface area contributed by atoms with Crippen LogP contribution in [0.25, 0.3) is 0 Å². The van der Waals surface area contributed by atoms with Crippen LogP contribution in [0.2, 0.25) is 0 Å². The van der Waals surface area contributed by atoms with E-state index in [1.807, 2.05) is 38.1 Å². The number of hydrogen-bond donors (Lipinski definition) is 1. The Morgan fingerprint density at radius 2 is 1.68 bits per heavy atom. The fourth-order valence-electron chi connectivity index (χ4n) is 3.55. The van der Waals surface area contributed by atoms with Crippen LogP contribution in [0.4, 0.5) is 0 Å². The zero-order chi connectivity index (χ0) is 22.8. The number of unbranched alkanes of at least 4 members (excludes halogenated alkanes) is 1. The van der Waals surface area contributed by atoms with E-state index in [2.05, 4.69) is 50.4 Å². The molecule has 0 aliphatic heterocycles. The smallest absolute Gasteiger partial charge is 0.242 e. The third-order valence-electron chi connectivity index (χ3n) is 5.87. The molecule has 0 fully saturated rings. The van der Waals surface area contributed by atoms with Gasteiger partial charge in [0.05, 0.1) is 0 Å². The number of carbonyl (C=O) groups is 2. The Balaban J connectivity index is 2.11. The van der Waals surface area contributed by atoms with Crippen molar-refractivity contribution in [2.75, 3.05) is 6.54 Å². The summed E-state index contributed by atoms with van der Waals surface area (Å²) in [6.45, 7) is 11.4. The maximum atomic E-state index is 13.2. The normalized spacial score (nSPS) is 11.9. The summed E-state index contributed by atoms with van der Waals surface area (Å²) in [5.41, 5.74) is 4.65. The number of nitrogens with one attached hydrogen (secondary N) is 1. The lowest BCUT2D eigenvalue weighted by molar-refractivity contribution is -0.140. The molecule has 0 aliphatic carbocycles. The number of hydrogen-bond acceptors (Lipinski definition) is 2. The number of benzene rings is 2. The molecule has 31 heavy (non-hydrogen) atoms. The summed E-state index contributed by atoms with van der Waals surface area (Å²) >= 11 is 0. The molecule has 1 N–H and O–H groups in total. The second-order valence-electron chi connectivity index (χ2n) is 8.66. The molecule has 0 radical (unpaired) electrons. The van der Waals surface area contributed by atoms with Crippen LogP contribution in [-0.2, 0) is 22.6 Å². The predicted molar refractivity (Wildman–Crippen MR) is 128 cm³/mol. The summed E-state index contributed by atoms with van der Waals surface area (Å²) in [6, 6.07) is 16.0. The lowest BCUT2D eigenvalue weighted by Crippen LogP contribution is -2.48. The van der Waals surface area contributed by atoms with Gasteiger partial charge in [-0.05, 0) is 54.9 Å². The van der Waals surface area contributed by atoms with Gasteiger partial charge in [-0.3, -0.25) is 9.59 Å². The number of nitrogens with zero attached hydrogens (tertiary/aromatic N) is 1. The zero-order valence-corrected chi connectivity index (χ0v) is 19.8. The van der Waals surface area contributed by atoms with Crippen molar-refractivity contribution in [1.82, 2.24) is 10.2 Å². The van der Waals surface area contributed by atoms with Crippen LogP contribution < -0.4 is 5.32 Å². The van der Waals surface area contributed by atoms with E-state index >= 15 is 0 Å². The molecule has 2 amide bonds. The average Bonchev–Trinajstić information content (AvgIpc) is 2.76. The molecule has 0 saturated carbocycles. The molecule has 0 bridgehead atoms. The molecule has 0 aromatic heterocycles. The second-order valence-corrected chi connectivity index (χ2v) is 8.66. The fraction of sp³-hybridized carbons (Fsp3) is 0.481. The van der Waals surface area contributed by atoms with Gasteiger partial charge in [0.25, 0.3) is 0 Å². The van der Waals surface area contributed by atoms with Crippen LogP contribution in [0.15, 0.2) is 48.5 Å². The molecular weight excluding hydrogens is 384 g/mol. The van der Waals surface area contributed by atoms with E-state index in [-0.39, 0.29) is 11.8 Å².